The van der Waals surface area contributed by atoms with Gasteiger partial charge in [0.05, 0.1) is 16.3 Å². The summed E-state index contributed by atoms with van der Waals surface area (Å²) < 4.78 is 18.7. The fourth-order valence-electron chi connectivity index (χ4n) is 2.90. The molecule has 2 heterocycles. The molecular formula is C21H12ClFN2O5. The van der Waals surface area contributed by atoms with Crippen molar-refractivity contribution in [3.05, 3.63) is 82.3 Å². The number of hydrogen-bond donors (Lipinski definition) is 2. The zero-order valence-corrected chi connectivity index (χ0v) is 15.8. The van der Waals surface area contributed by atoms with Crippen LogP contribution >= 0.6 is 11.6 Å². The molecule has 0 atom stereocenters. The molecule has 1 aliphatic heterocycles. The van der Waals surface area contributed by atoms with Crippen molar-refractivity contribution in [1.29, 1.82) is 0 Å². The third-order valence-corrected chi connectivity index (χ3v) is 4.70. The van der Waals surface area contributed by atoms with Crippen molar-refractivity contribution >= 4 is 41.1 Å². The minimum absolute atomic E-state index is 0.0780. The zero-order chi connectivity index (χ0) is 21.4. The lowest BCUT2D eigenvalue weighted by Crippen LogP contribution is -2.35. The lowest BCUT2D eigenvalue weighted by atomic mass is 10.1. The van der Waals surface area contributed by atoms with Gasteiger partial charge in [0.15, 0.2) is 0 Å². The maximum Gasteiger partial charge on any atom is 0.337 e. The van der Waals surface area contributed by atoms with Crippen molar-refractivity contribution < 1.29 is 28.3 Å². The number of rotatable bonds is 4. The zero-order valence-electron chi connectivity index (χ0n) is 15.1. The molecule has 7 nitrogen and oxygen atoms in total. The first-order valence-corrected chi connectivity index (χ1v) is 8.97. The van der Waals surface area contributed by atoms with Crippen LogP contribution < -0.4 is 10.4 Å². The van der Waals surface area contributed by atoms with Gasteiger partial charge < -0.3 is 9.52 Å². The van der Waals surface area contributed by atoms with E-state index in [-0.39, 0.29) is 21.9 Å². The van der Waals surface area contributed by atoms with E-state index in [1.807, 2.05) is 0 Å². The largest absolute Gasteiger partial charge is 0.478 e. The van der Waals surface area contributed by atoms with Crippen molar-refractivity contribution in [2.75, 3.05) is 5.01 Å². The van der Waals surface area contributed by atoms with Gasteiger partial charge in [-0.2, -0.15) is 0 Å². The third kappa shape index (κ3) is 3.56. The molecule has 2 amide bonds. The maximum absolute atomic E-state index is 13.1. The molecule has 30 heavy (non-hydrogen) atoms. The van der Waals surface area contributed by atoms with Gasteiger partial charge in [0, 0.05) is 5.56 Å². The predicted molar refractivity (Wildman–Crippen MR) is 106 cm³/mol. The number of hydrogen-bond acceptors (Lipinski definition) is 4. The highest BCUT2D eigenvalue weighted by molar-refractivity contribution is 6.33. The number of carboxylic acid groups (broad SMARTS) is 1. The molecule has 2 N–H and O–H groups in total. The standard InChI is InChI=1S/C21H12ClFN2O5/c22-17-7-1-11(9-15(17)21(28)29)18-8-6-14(30-18)10-16-19(26)24-25(20(16)27)13-4-2-12(23)3-5-13/h1-10H,(H,24,26)(H,28,29)/b16-10+. The van der Waals surface area contributed by atoms with Gasteiger partial charge in [-0.25, -0.2) is 14.2 Å². The Bertz CT molecular complexity index is 1220. The SMILES string of the molecule is O=C1NN(c2ccc(F)cc2)C(=O)/C1=C/c1ccc(-c2ccc(Cl)c(C(=O)O)c2)o1. The van der Waals surface area contributed by atoms with Crippen molar-refractivity contribution in [2.24, 2.45) is 0 Å². The molecule has 0 saturated carbocycles. The van der Waals surface area contributed by atoms with Gasteiger partial charge in [-0.3, -0.25) is 15.0 Å². The van der Waals surface area contributed by atoms with Gasteiger partial charge >= 0.3 is 5.97 Å². The van der Waals surface area contributed by atoms with Gasteiger partial charge in [-0.05, 0) is 60.7 Å². The van der Waals surface area contributed by atoms with E-state index >= 15 is 0 Å². The average molecular weight is 427 g/mol. The topological polar surface area (TPSA) is 99.9 Å². The summed E-state index contributed by atoms with van der Waals surface area (Å²) in [6.07, 6.45) is 1.28. The number of furan rings is 1. The summed E-state index contributed by atoms with van der Waals surface area (Å²) in [4.78, 5) is 36.1. The number of benzene rings is 2. The highest BCUT2D eigenvalue weighted by Crippen LogP contribution is 2.28. The highest BCUT2D eigenvalue weighted by atomic mass is 35.5. The Morgan fingerprint density at radius 3 is 2.53 bits per heavy atom. The molecule has 0 radical (unpaired) electrons. The number of anilines is 1. The van der Waals surface area contributed by atoms with Crippen LogP contribution in [0, 0.1) is 5.82 Å². The summed E-state index contributed by atoms with van der Waals surface area (Å²) in [6.45, 7) is 0. The summed E-state index contributed by atoms with van der Waals surface area (Å²) in [5, 5.41) is 10.3. The first-order chi connectivity index (χ1) is 14.3. The number of nitrogens with one attached hydrogen (secondary N) is 1. The Morgan fingerprint density at radius 2 is 1.83 bits per heavy atom. The molecule has 0 spiro atoms. The predicted octanol–water partition coefficient (Wildman–Crippen LogP) is 3.90. The van der Waals surface area contributed by atoms with Gasteiger partial charge in [-0.15, -0.1) is 0 Å². The Balaban J connectivity index is 1.62. The number of carboxylic acids is 1. The number of amides is 2. The molecule has 0 unspecified atom stereocenters. The summed E-state index contributed by atoms with van der Waals surface area (Å²) in [6, 6.07) is 12.6. The van der Waals surface area contributed by atoms with Crippen molar-refractivity contribution in [1.82, 2.24) is 5.43 Å². The maximum atomic E-state index is 13.1. The molecule has 0 aliphatic carbocycles. The number of aromatic carboxylic acids is 1. The molecule has 1 saturated heterocycles. The van der Waals surface area contributed by atoms with Crippen LogP contribution in [0.2, 0.25) is 5.02 Å². The number of carbonyl (C=O) groups excluding carboxylic acids is 2. The van der Waals surface area contributed by atoms with Crippen molar-refractivity contribution in [2.45, 2.75) is 0 Å². The second-order valence-electron chi connectivity index (χ2n) is 6.32. The van der Waals surface area contributed by atoms with Crippen LogP contribution in [-0.2, 0) is 9.59 Å². The van der Waals surface area contributed by atoms with Gasteiger partial charge in [-0.1, -0.05) is 11.6 Å². The van der Waals surface area contributed by atoms with Crippen LogP contribution in [0.3, 0.4) is 0 Å². The fraction of sp³-hybridized carbons (Fsp3) is 0. The van der Waals surface area contributed by atoms with E-state index < -0.39 is 23.6 Å². The number of nitrogens with zero attached hydrogens (tertiary/aromatic N) is 1. The van der Waals surface area contributed by atoms with Crippen LogP contribution in [0.5, 0.6) is 0 Å². The summed E-state index contributed by atoms with van der Waals surface area (Å²) in [5.41, 5.74) is 2.94. The summed E-state index contributed by atoms with van der Waals surface area (Å²) >= 11 is 5.87. The second-order valence-corrected chi connectivity index (χ2v) is 6.72. The van der Waals surface area contributed by atoms with E-state index in [9.17, 15) is 23.9 Å². The number of carbonyl (C=O) groups is 3. The van der Waals surface area contributed by atoms with E-state index in [1.54, 1.807) is 18.2 Å². The summed E-state index contributed by atoms with van der Waals surface area (Å²) in [5.74, 6) is -2.35. The minimum atomic E-state index is -1.18. The Morgan fingerprint density at radius 1 is 1.10 bits per heavy atom. The molecule has 3 aromatic rings. The van der Waals surface area contributed by atoms with Crippen LogP contribution in [-0.4, -0.2) is 22.9 Å². The van der Waals surface area contributed by atoms with Gasteiger partial charge in [0.25, 0.3) is 11.8 Å². The summed E-state index contributed by atoms with van der Waals surface area (Å²) in [7, 11) is 0. The Kier molecular flexibility index (Phi) is 4.85. The molecule has 1 fully saturated rings. The number of hydrazine groups is 1. The molecular weight excluding hydrogens is 415 g/mol. The first kappa shape index (κ1) is 19.4. The smallest absolute Gasteiger partial charge is 0.337 e. The molecule has 9 heteroatoms. The van der Waals surface area contributed by atoms with Gasteiger partial charge in [0.1, 0.15) is 22.9 Å². The Labute approximate surface area is 173 Å². The van der Waals surface area contributed by atoms with Crippen LogP contribution in [0.4, 0.5) is 10.1 Å². The molecule has 0 bridgehead atoms. The monoisotopic (exact) mass is 426 g/mol. The first-order valence-electron chi connectivity index (χ1n) is 8.59. The molecule has 150 valence electrons. The van der Waals surface area contributed by atoms with Crippen LogP contribution in [0.15, 0.2) is 64.6 Å². The Hall–Kier alpha value is -3.91. The second kappa shape index (κ2) is 7.49. The van der Waals surface area contributed by atoms with Crippen molar-refractivity contribution in [3.63, 3.8) is 0 Å². The quantitative estimate of drug-likeness (QED) is 0.487. The van der Waals surface area contributed by atoms with E-state index in [0.29, 0.717) is 17.0 Å². The van der Waals surface area contributed by atoms with E-state index in [4.69, 9.17) is 16.0 Å². The molecule has 4 rings (SSSR count). The number of halogens is 2. The van der Waals surface area contributed by atoms with Crippen LogP contribution in [0.25, 0.3) is 17.4 Å². The van der Waals surface area contributed by atoms with E-state index in [2.05, 4.69) is 5.43 Å². The fourth-order valence-corrected chi connectivity index (χ4v) is 3.10. The lowest BCUT2D eigenvalue weighted by molar-refractivity contribution is -0.117. The van der Waals surface area contributed by atoms with E-state index in [0.717, 1.165) is 5.01 Å². The molecule has 2 aromatic carbocycles. The normalized spacial score (nSPS) is 15.0. The minimum Gasteiger partial charge on any atom is -0.478 e. The van der Waals surface area contributed by atoms with E-state index in [1.165, 1.54) is 42.5 Å². The van der Waals surface area contributed by atoms with Crippen molar-refractivity contribution in [3.8, 4) is 11.3 Å². The lowest BCUT2D eigenvalue weighted by Gasteiger charge is -2.14. The average Bonchev–Trinajstić information content (AvgIpc) is 3.29. The van der Waals surface area contributed by atoms with Crippen LogP contribution in [0.1, 0.15) is 16.1 Å². The third-order valence-electron chi connectivity index (χ3n) is 4.37. The highest BCUT2D eigenvalue weighted by Gasteiger charge is 2.34. The molecule has 1 aromatic heterocycles. The molecule has 1 aliphatic rings. The van der Waals surface area contributed by atoms with Gasteiger partial charge in [0.2, 0.25) is 0 Å².